The van der Waals surface area contributed by atoms with Gasteiger partial charge in [0.1, 0.15) is 6.10 Å². The first kappa shape index (κ1) is 70.8. The standard InChI is InChI=1S/C67H131NO4/c1-3-5-7-9-11-13-15-17-19-21-23-25-26-27-28-29-30-31-32-33-34-35-36-37-38-39-40-41-42-44-46-48-50-52-54-56-58-60-62-66(71)67(72)68-64(63-69)65(70)61-59-57-55-53-51-49-47-45-43-24-22-20-18-16-14-12-10-8-6-4-2/h33-34,59,61,64-66,69-71H,3-32,35-58,60,62-63H2,1-2H3,(H,68,72)/b34-33-,61-59+. The molecule has 4 N–H and O–H groups in total. The molecule has 0 spiro atoms. The van der Waals surface area contributed by atoms with Crippen LogP contribution in [0.4, 0.5) is 0 Å². The highest BCUT2D eigenvalue weighted by Gasteiger charge is 2.22. The minimum atomic E-state index is -1.10. The minimum absolute atomic E-state index is 0.360. The smallest absolute Gasteiger partial charge is 0.249 e. The molecule has 3 unspecified atom stereocenters. The molecular formula is C67H131NO4. The predicted octanol–water partition coefficient (Wildman–Crippen LogP) is 21.2. The SMILES string of the molecule is CCCCCCCCCCCCCCCCCCCC/C=C\CCCCCCCCCCCCCCCCCCC(O)C(=O)NC(CO)C(O)/C=C/CCCCCCCCCCCCCCCCCCCC. The maximum Gasteiger partial charge on any atom is 0.249 e. The van der Waals surface area contributed by atoms with E-state index in [0.29, 0.717) is 6.42 Å². The second kappa shape index (κ2) is 62.4. The number of amides is 1. The van der Waals surface area contributed by atoms with Gasteiger partial charge in [-0.25, -0.2) is 0 Å². The van der Waals surface area contributed by atoms with Gasteiger partial charge in [-0.05, 0) is 44.9 Å². The Labute approximate surface area is 452 Å². The van der Waals surface area contributed by atoms with E-state index in [0.717, 1.165) is 32.1 Å². The van der Waals surface area contributed by atoms with Crippen LogP contribution in [0.25, 0.3) is 0 Å². The van der Waals surface area contributed by atoms with Crippen molar-refractivity contribution < 1.29 is 20.1 Å². The molecule has 0 aliphatic rings. The Bertz CT molecular complexity index is 1080. The van der Waals surface area contributed by atoms with E-state index in [9.17, 15) is 20.1 Å². The van der Waals surface area contributed by atoms with E-state index in [1.165, 1.54) is 321 Å². The number of allylic oxidation sites excluding steroid dienone is 3. The van der Waals surface area contributed by atoms with Gasteiger partial charge in [0, 0.05) is 0 Å². The summed E-state index contributed by atoms with van der Waals surface area (Å²) in [6.45, 7) is 4.23. The molecule has 0 radical (unpaired) electrons. The molecule has 3 atom stereocenters. The zero-order valence-corrected chi connectivity index (χ0v) is 49.1. The summed E-state index contributed by atoms with van der Waals surface area (Å²) in [6.07, 6.45) is 81.7. The van der Waals surface area contributed by atoms with Crippen LogP contribution < -0.4 is 5.32 Å². The number of hydrogen-bond acceptors (Lipinski definition) is 4. The van der Waals surface area contributed by atoms with Gasteiger partial charge < -0.3 is 20.6 Å². The van der Waals surface area contributed by atoms with Crippen molar-refractivity contribution >= 4 is 5.91 Å². The Kier molecular flexibility index (Phi) is 61.4. The zero-order chi connectivity index (χ0) is 52.2. The van der Waals surface area contributed by atoms with Crippen LogP contribution in [-0.2, 0) is 4.79 Å². The fourth-order valence-electron chi connectivity index (χ4n) is 10.7. The summed E-state index contributed by atoms with van der Waals surface area (Å²) in [5.74, 6) is -0.496. The average Bonchev–Trinajstić information content (AvgIpc) is 3.39. The molecule has 0 aromatic rings. The minimum Gasteiger partial charge on any atom is -0.394 e. The molecule has 0 aliphatic carbocycles. The number of nitrogens with one attached hydrogen (secondary N) is 1. The second-order valence-electron chi connectivity index (χ2n) is 23.0. The van der Waals surface area contributed by atoms with Crippen molar-refractivity contribution in [2.45, 2.75) is 392 Å². The van der Waals surface area contributed by atoms with Crippen LogP contribution in [-0.4, -0.2) is 46.1 Å². The lowest BCUT2D eigenvalue weighted by atomic mass is 10.0. The summed E-state index contributed by atoms with van der Waals surface area (Å²) in [5.41, 5.74) is 0. The summed E-state index contributed by atoms with van der Waals surface area (Å²) in [4.78, 5) is 12.6. The van der Waals surface area contributed by atoms with Crippen LogP contribution in [0.15, 0.2) is 24.3 Å². The Morgan fingerprint density at radius 1 is 0.333 bits per heavy atom. The third-order valence-corrected chi connectivity index (χ3v) is 15.8. The molecule has 0 aromatic heterocycles. The Hall–Kier alpha value is -1.17. The molecule has 0 saturated heterocycles. The highest BCUT2D eigenvalue weighted by Crippen LogP contribution is 2.19. The molecule has 0 aromatic carbocycles. The maximum absolute atomic E-state index is 12.6. The third kappa shape index (κ3) is 56.6. The molecule has 5 heteroatoms. The zero-order valence-electron chi connectivity index (χ0n) is 49.1. The topological polar surface area (TPSA) is 89.8 Å². The van der Waals surface area contributed by atoms with E-state index in [1.54, 1.807) is 6.08 Å². The van der Waals surface area contributed by atoms with Crippen molar-refractivity contribution in [3.05, 3.63) is 24.3 Å². The van der Waals surface area contributed by atoms with Gasteiger partial charge in [-0.3, -0.25) is 4.79 Å². The molecule has 0 fully saturated rings. The predicted molar refractivity (Wildman–Crippen MR) is 319 cm³/mol. The van der Waals surface area contributed by atoms with E-state index in [4.69, 9.17) is 0 Å². The quantitative estimate of drug-likeness (QED) is 0.0361. The van der Waals surface area contributed by atoms with Gasteiger partial charge in [0.2, 0.25) is 5.91 Å². The van der Waals surface area contributed by atoms with Gasteiger partial charge >= 0.3 is 0 Å². The molecule has 0 saturated carbocycles. The van der Waals surface area contributed by atoms with E-state index in [-0.39, 0.29) is 6.61 Å². The van der Waals surface area contributed by atoms with Crippen molar-refractivity contribution in [1.82, 2.24) is 5.32 Å². The Morgan fingerprint density at radius 3 is 0.806 bits per heavy atom. The monoisotopic (exact) mass is 1010 g/mol. The molecule has 72 heavy (non-hydrogen) atoms. The van der Waals surface area contributed by atoms with Crippen molar-refractivity contribution in [3.63, 3.8) is 0 Å². The molecule has 0 bridgehead atoms. The molecular weight excluding hydrogens is 883 g/mol. The van der Waals surface area contributed by atoms with Gasteiger partial charge in [-0.15, -0.1) is 0 Å². The van der Waals surface area contributed by atoms with Gasteiger partial charge in [0.25, 0.3) is 0 Å². The average molecular weight is 1010 g/mol. The summed E-state index contributed by atoms with van der Waals surface area (Å²) < 4.78 is 0. The van der Waals surface area contributed by atoms with Crippen LogP contribution in [0.5, 0.6) is 0 Å². The third-order valence-electron chi connectivity index (χ3n) is 15.8. The molecule has 5 nitrogen and oxygen atoms in total. The number of carbonyl (C=O) groups excluding carboxylic acids is 1. The van der Waals surface area contributed by atoms with Crippen molar-refractivity contribution in [1.29, 1.82) is 0 Å². The van der Waals surface area contributed by atoms with Crippen LogP contribution in [0.1, 0.15) is 373 Å². The first-order valence-electron chi connectivity index (χ1n) is 33.2. The first-order chi connectivity index (χ1) is 35.6. The number of unbranched alkanes of at least 4 members (excludes halogenated alkanes) is 52. The summed E-state index contributed by atoms with van der Waals surface area (Å²) in [5, 5.41) is 33.5. The lowest BCUT2D eigenvalue weighted by Crippen LogP contribution is -2.48. The molecule has 0 aliphatic heterocycles. The lowest BCUT2D eigenvalue weighted by Gasteiger charge is -2.21. The van der Waals surface area contributed by atoms with Crippen molar-refractivity contribution in [2.24, 2.45) is 0 Å². The summed E-state index contributed by atoms with van der Waals surface area (Å²) in [6, 6.07) is -0.797. The van der Waals surface area contributed by atoms with E-state index < -0.39 is 24.2 Å². The summed E-state index contributed by atoms with van der Waals surface area (Å²) >= 11 is 0. The number of rotatable bonds is 62. The second-order valence-corrected chi connectivity index (χ2v) is 23.0. The van der Waals surface area contributed by atoms with Crippen LogP contribution in [0, 0.1) is 0 Å². The van der Waals surface area contributed by atoms with Gasteiger partial charge in [-0.1, -0.05) is 353 Å². The largest absolute Gasteiger partial charge is 0.394 e. The highest BCUT2D eigenvalue weighted by molar-refractivity contribution is 5.80. The maximum atomic E-state index is 12.6. The summed E-state index contributed by atoms with van der Waals surface area (Å²) in [7, 11) is 0. The number of aliphatic hydroxyl groups excluding tert-OH is 3. The van der Waals surface area contributed by atoms with Crippen LogP contribution in [0.2, 0.25) is 0 Å². The van der Waals surface area contributed by atoms with E-state index in [1.807, 2.05) is 6.08 Å². The normalized spacial score (nSPS) is 13.2. The van der Waals surface area contributed by atoms with Crippen molar-refractivity contribution in [2.75, 3.05) is 6.61 Å². The lowest BCUT2D eigenvalue weighted by molar-refractivity contribution is -0.131. The van der Waals surface area contributed by atoms with Gasteiger partial charge in [0.15, 0.2) is 0 Å². The van der Waals surface area contributed by atoms with Crippen molar-refractivity contribution in [3.8, 4) is 0 Å². The molecule has 0 heterocycles. The number of aliphatic hydroxyl groups is 3. The number of hydrogen-bond donors (Lipinski definition) is 4. The first-order valence-corrected chi connectivity index (χ1v) is 33.2. The van der Waals surface area contributed by atoms with E-state index in [2.05, 4.69) is 31.3 Å². The Balaban J connectivity index is 3.46. The molecule has 0 rings (SSSR count). The van der Waals surface area contributed by atoms with Crippen LogP contribution >= 0.6 is 0 Å². The van der Waals surface area contributed by atoms with Crippen LogP contribution in [0.3, 0.4) is 0 Å². The Morgan fingerprint density at radius 2 is 0.556 bits per heavy atom. The van der Waals surface area contributed by atoms with Gasteiger partial charge in [-0.2, -0.15) is 0 Å². The molecule has 1 amide bonds. The fraction of sp³-hybridized carbons (Fsp3) is 0.925. The fourth-order valence-corrected chi connectivity index (χ4v) is 10.7. The van der Waals surface area contributed by atoms with E-state index >= 15 is 0 Å². The highest BCUT2D eigenvalue weighted by atomic mass is 16.3. The van der Waals surface area contributed by atoms with Gasteiger partial charge in [0.05, 0.1) is 18.8 Å². The molecule has 428 valence electrons. The number of carbonyl (C=O) groups is 1.